The molecule has 34 heavy (non-hydrogen) atoms. The molecule has 6 heteroatoms. The fourth-order valence-electron chi connectivity index (χ4n) is 4.20. The summed E-state index contributed by atoms with van der Waals surface area (Å²) in [5.74, 6) is -0.609. The van der Waals surface area contributed by atoms with Crippen LogP contribution < -0.4 is 4.74 Å². The Hall–Kier alpha value is -3.12. The van der Waals surface area contributed by atoms with E-state index in [4.69, 9.17) is 4.74 Å². The van der Waals surface area contributed by atoms with E-state index in [0.717, 1.165) is 48.2 Å². The minimum Gasteiger partial charge on any atom is -0.507 e. The second kappa shape index (κ2) is 11.3. The molecular weight excluding hydrogens is 428 g/mol. The Bertz CT molecular complexity index is 1060. The molecule has 0 bridgehead atoms. The van der Waals surface area contributed by atoms with E-state index in [-0.39, 0.29) is 11.3 Å². The van der Waals surface area contributed by atoms with Crippen LogP contribution >= 0.6 is 0 Å². The predicted molar refractivity (Wildman–Crippen MR) is 135 cm³/mol. The normalized spacial score (nSPS) is 17.6. The number of aliphatic hydroxyl groups is 1. The molecule has 1 unspecified atom stereocenters. The number of hydrogen-bond acceptors (Lipinski definition) is 5. The average Bonchev–Trinajstić information content (AvgIpc) is 3.05. The largest absolute Gasteiger partial charge is 0.507 e. The van der Waals surface area contributed by atoms with Crippen molar-refractivity contribution in [3.63, 3.8) is 0 Å². The van der Waals surface area contributed by atoms with E-state index in [2.05, 4.69) is 6.92 Å². The number of aliphatic hydroxyl groups excluding tert-OH is 1. The first-order chi connectivity index (χ1) is 16.2. The van der Waals surface area contributed by atoms with Gasteiger partial charge in [-0.3, -0.25) is 9.59 Å². The molecular formula is C28H36N2O4. The molecule has 2 aromatic carbocycles. The van der Waals surface area contributed by atoms with Gasteiger partial charge in [0.15, 0.2) is 0 Å². The third-order valence-electron chi connectivity index (χ3n) is 6.14. The Morgan fingerprint density at radius 1 is 1.06 bits per heavy atom. The van der Waals surface area contributed by atoms with Gasteiger partial charge >= 0.3 is 0 Å². The molecule has 2 aromatic rings. The zero-order valence-electron chi connectivity index (χ0n) is 20.9. The number of likely N-dealkylation sites (tertiary alicyclic amines) is 1. The Balaban J connectivity index is 2.02. The van der Waals surface area contributed by atoms with E-state index < -0.39 is 17.7 Å². The Morgan fingerprint density at radius 2 is 1.76 bits per heavy atom. The molecule has 0 spiro atoms. The Labute approximate surface area is 202 Å². The van der Waals surface area contributed by atoms with Gasteiger partial charge < -0.3 is 19.6 Å². The summed E-state index contributed by atoms with van der Waals surface area (Å²) in [5.41, 5.74) is 3.41. The van der Waals surface area contributed by atoms with Crippen molar-refractivity contribution in [2.75, 3.05) is 33.8 Å². The highest BCUT2D eigenvalue weighted by Gasteiger charge is 2.45. The molecule has 0 aliphatic carbocycles. The molecule has 0 aromatic heterocycles. The summed E-state index contributed by atoms with van der Waals surface area (Å²) in [6.45, 7) is 7.87. The van der Waals surface area contributed by atoms with Gasteiger partial charge in [0.2, 0.25) is 0 Å². The maximum atomic E-state index is 13.2. The lowest BCUT2D eigenvalue weighted by Crippen LogP contribution is -2.32. The Morgan fingerprint density at radius 3 is 2.38 bits per heavy atom. The highest BCUT2D eigenvalue weighted by Crippen LogP contribution is 2.40. The van der Waals surface area contributed by atoms with Gasteiger partial charge in [-0.2, -0.15) is 0 Å². The van der Waals surface area contributed by atoms with E-state index in [1.807, 2.05) is 69.2 Å². The van der Waals surface area contributed by atoms with Crippen LogP contribution in [-0.4, -0.2) is 60.4 Å². The number of amides is 1. The van der Waals surface area contributed by atoms with E-state index in [1.54, 1.807) is 11.0 Å². The SMILES string of the molecule is CCCCOc1ccc(/C(O)=C2/C(=O)C(=O)N(CCCN(C)C)C2c2ccc(C)cc2)cc1C. The molecule has 6 nitrogen and oxygen atoms in total. The van der Waals surface area contributed by atoms with Crippen LogP contribution in [0, 0.1) is 13.8 Å². The van der Waals surface area contributed by atoms with Crippen LogP contribution in [0.3, 0.4) is 0 Å². The lowest BCUT2D eigenvalue weighted by atomic mass is 9.94. The molecule has 0 saturated carbocycles. The van der Waals surface area contributed by atoms with Crippen LogP contribution in [0.2, 0.25) is 0 Å². The molecule has 1 aliphatic rings. The molecule has 1 N–H and O–H groups in total. The number of hydrogen-bond donors (Lipinski definition) is 1. The van der Waals surface area contributed by atoms with Gasteiger partial charge in [-0.15, -0.1) is 0 Å². The molecule has 1 amide bonds. The topological polar surface area (TPSA) is 70.1 Å². The number of ether oxygens (including phenoxy) is 1. The summed E-state index contributed by atoms with van der Waals surface area (Å²) in [6, 6.07) is 12.5. The number of ketones is 1. The molecule has 3 rings (SSSR count). The minimum absolute atomic E-state index is 0.137. The van der Waals surface area contributed by atoms with Gasteiger partial charge in [0.25, 0.3) is 11.7 Å². The fraction of sp³-hybridized carbons (Fsp3) is 0.429. The number of carbonyl (C=O) groups excluding carboxylic acids is 2. The van der Waals surface area contributed by atoms with Crippen molar-refractivity contribution < 1.29 is 19.4 Å². The smallest absolute Gasteiger partial charge is 0.295 e. The van der Waals surface area contributed by atoms with Gasteiger partial charge in [0.05, 0.1) is 18.2 Å². The highest BCUT2D eigenvalue weighted by atomic mass is 16.5. The minimum atomic E-state index is -0.645. The van der Waals surface area contributed by atoms with E-state index in [0.29, 0.717) is 18.7 Å². The Kier molecular flexibility index (Phi) is 8.51. The van der Waals surface area contributed by atoms with Gasteiger partial charge in [-0.25, -0.2) is 0 Å². The highest BCUT2D eigenvalue weighted by molar-refractivity contribution is 6.46. The van der Waals surface area contributed by atoms with Gasteiger partial charge in [0, 0.05) is 12.1 Å². The van der Waals surface area contributed by atoms with Crippen LogP contribution in [-0.2, 0) is 9.59 Å². The lowest BCUT2D eigenvalue weighted by molar-refractivity contribution is -0.139. The van der Waals surface area contributed by atoms with Crippen LogP contribution in [0.4, 0.5) is 0 Å². The van der Waals surface area contributed by atoms with Crippen molar-refractivity contribution in [1.29, 1.82) is 0 Å². The summed E-state index contributed by atoms with van der Waals surface area (Å²) >= 11 is 0. The van der Waals surface area contributed by atoms with Crippen LogP contribution in [0.25, 0.3) is 5.76 Å². The first kappa shape index (κ1) is 25.5. The molecule has 1 atom stereocenters. The van der Waals surface area contributed by atoms with Crippen molar-refractivity contribution in [3.8, 4) is 5.75 Å². The standard InChI is InChI=1S/C28H36N2O4/c1-6-7-17-34-23-14-13-22(18-20(23)3)26(31)24-25(21-11-9-19(2)10-12-21)30(28(33)27(24)32)16-8-15-29(4)5/h9-14,18,25,31H,6-8,15-17H2,1-5H3/b26-24-. The van der Waals surface area contributed by atoms with Crippen LogP contribution in [0.15, 0.2) is 48.0 Å². The summed E-state index contributed by atoms with van der Waals surface area (Å²) < 4.78 is 5.83. The number of Topliss-reactive ketones (excluding diaryl/α,β-unsaturated/α-hetero) is 1. The van der Waals surface area contributed by atoms with Gasteiger partial charge in [0.1, 0.15) is 11.5 Å². The maximum absolute atomic E-state index is 13.2. The van der Waals surface area contributed by atoms with Crippen molar-refractivity contribution in [2.24, 2.45) is 0 Å². The molecule has 0 radical (unpaired) electrons. The van der Waals surface area contributed by atoms with Crippen molar-refractivity contribution in [2.45, 2.75) is 46.1 Å². The number of unbranched alkanes of at least 4 members (excludes halogenated alkanes) is 1. The number of carbonyl (C=O) groups is 2. The number of benzene rings is 2. The van der Waals surface area contributed by atoms with Crippen LogP contribution in [0.1, 0.15) is 54.5 Å². The fourth-order valence-corrected chi connectivity index (χ4v) is 4.20. The van der Waals surface area contributed by atoms with Crippen molar-refractivity contribution >= 4 is 17.4 Å². The van der Waals surface area contributed by atoms with Crippen molar-refractivity contribution in [1.82, 2.24) is 9.80 Å². The molecule has 1 saturated heterocycles. The predicted octanol–water partition coefficient (Wildman–Crippen LogP) is 4.86. The van der Waals surface area contributed by atoms with Gasteiger partial charge in [-0.1, -0.05) is 43.2 Å². The molecule has 1 fully saturated rings. The zero-order valence-corrected chi connectivity index (χ0v) is 20.9. The first-order valence-electron chi connectivity index (χ1n) is 12.0. The monoisotopic (exact) mass is 464 g/mol. The third kappa shape index (κ3) is 5.68. The van der Waals surface area contributed by atoms with E-state index >= 15 is 0 Å². The van der Waals surface area contributed by atoms with Crippen molar-refractivity contribution in [3.05, 3.63) is 70.3 Å². The van der Waals surface area contributed by atoms with E-state index in [9.17, 15) is 14.7 Å². The third-order valence-corrected chi connectivity index (χ3v) is 6.14. The summed E-state index contributed by atoms with van der Waals surface area (Å²) in [5, 5.41) is 11.3. The quantitative estimate of drug-likeness (QED) is 0.235. The number of nitrogens with zero attached hydrogens (tertiary/aromatic N) is 2. The number of rotatable bonds is 10. The average molecular weight is 465 g/mol. The lowest BCUT2D eigenvalue weighted by Gasteiger charge is -2.26. The second-order valence-electron chi connectivity index (χ2n) is 9.24. The number of aryl methyl sites for hydroxylation is 2. The zero-order chi connectivity index (χ0) is 24.8. The van der Waals surface area contributed by atoms with Crippen LogP contribution in [0.5, 0.6) is 5.75 Å². The summed E-state index contributed by atoms with van der Waals surface area (Å²) in [6.07, 6.45) is 2.74. The first-order valence-corrected chi connectivity index (χ1v) is 12.0. The van der Waals surface area contributed by atoms with Gasteiger partial charge in [-0.05, 0) is 76.7 Å². The molecule has 182 valence electrons. The maximum Gasteiger partial charge on any atom is 0.295 e. The summed E-state index contributed by atoms with van der Waals surface area (Å²) in [7, 11) is 3.95. The molecule has 1 aliphatic heterocycles. The summed E-state index contributed by atoms with van der Waals surface area (Å²) in [4.78, 5) is 29.8. The second-order valence-corrected chi connectivity index (χ2v) is 9.24. The molecule has 1 heterocycles. The van der Waals surface area contributed by atoms with E-state index in [1.165, 1.54) is 0 Å².